The zero-order valence-corrected chi connectivity index (χ0v) is 17.4. The quantitative estimate of drug-likeness (QED) is 0.683. The van der Waals surface area contributed by atoms with E-state index in [0.29, 0.717) is 29.7 Å². The third kappa shape index (κ3) is 3.46. The number of fused-ring (bicyclic) bond motifs is 2. The van der Waals surface area contributed by atoms with E-state index < -0.39 is 0 Å². The summed E-state index contributed by atoms with van der Waals surface area (Å²) in [5.41, 5.74) is 2.56. The lowest BCUT2D eigenvalue weighted by Crippen LogP contribution is -2.45. The fraction of sp³-hybridized carbons (Fsp3) is 0.409. The molecule has 3 heterocycles. The second-order valence-corrected chi connectivity index (χ2v) is 8.45. The highest BCUT2D eigenvalue weighted by Crippen LogP contribution is 2.33. The Labute approximate surface area is 178 Å². The smallest absolute Gasteiger partial charge is 0.326 e. The van der Waals surface area contributed by atoms with Crippen LogP contribution < -0.4 is 15.2 Å². The fourth-order valence-corrected chi connectivity index (χ4v) is 4.69. The molecule has 0 aliphatic carbocycles. The Bertz CT molecular complexity index is 1150. The molecule has 1 N–H and O–H groups in total. The molecule has 158 valence electrons. The van der Waals surface area contributed by atoms with Crippen molar-refractivity contribution in [3.8, 4) is 11.5 Å². The number of hydrogen-bond donors (Lipinski definition) is 1. The van der Waals surface area contributed by atoms with Crippen molar-refractivity contribution in [1.29, 1.82) is 0 Å². The lowest BCUT2D eigenvalue weighted by Gasteiger charge is -2.36. The largest absolute Gasteiger partial charge is 0.486 e. The predicted molar refractivity (Wildman–Crippen MR) is 113 cm³/mol. The third-order valence-electron chi connectivity index (χ3n) is 6.07. The number of aromatic nitrogens is 2. The molecule has 2 aromatic carbocycles. The van der Waals surface area contributed by atoms with Gasteiger partial charge in [-0.2, -0.15) is 0 Å². The SMILES string of the molecule is Cc1c(Cl)ccc2[nH]c(=O)n(C3CCN(CC4COc5ccc(F)cc5O4)CC3)c12. The molecule has 2 aliphatic heterocycles. The third-order valence-corrected chi connectivity index (χ3v) is 6.48. The maximum Gasteiger partial charge on any atom is 0.326 e. The minimum Gasteiger partial charge on any atom is -0.486 e. The van der Waals surface area contributed by atoms with Gasteiger partial charge in [0.05, 0.1) is 11.0 Å². The van der Waals surface area contributed by atoms with Crippen LogP contribution in [0.3, 0.4) is 0 Å². The lowest BCUT2D eigenvalue weighted by molar-refractivity contribution is 0.0482. The molecule has 0 bridgehead atoms. The van der Waals surface area contributed by atoms with Crippen LogP contribution in [0, 0.1) is 12.7 Å². The van der Waals surface area contributed by atoms with E-state index in [2.05, 4.69) is 9.88 Å². The Hall–Kier alpha value is -2.51. The number of H-pyrrole nitrogens is 1. The first-order valence-electron chi connectivity index (χ1n) is 10.2. The van der Waals surface area contributed by atoms with Gasteiger partial charge in [0.1, 0.15) is 18.5 Å². The highest BCUT2D eigenvalue weighted by molar-refractivity contribution is 6.32. The number of aryl methyl sites for hydroxylation is 1. The van der Waals surface area contributed by atoms with Gasteiger partial charge in [-0.3, -0.25) is 9.47 Å². The summed E-state index contributed by atoms with van der Waals surface area (Å²) in [6, 6.07) is 8.13. The molecule has 8 heteroatoms. The first-order valence-corrected chi connectivity index (χ1v) is 10.6. The number of halogens is 2. The van der Waals surface area contributed by atoms with E-state index >= 15 is 0 Å². The topological polar surface area (TPSA) is 59.5 Å². The molecule has 0 radical (unpaired) electrons. The lowest BCUT2D eigenvalue weighted by atomic mass is 10.0. The number of hydrogen-bond acceptors (Lipinski definition) is 4. The van der Waals surface area contributed by atoms with Crippen molar-refractivity contribution in [2.45, 2.75) is 31.9 Å². The van der Waals surface area contributed by atoms with Gasteiger partial charge in [0, 0.05) is 36.8 Å². The maximum atomic E-state index is 13.5. The fourth-order valence-electron chi connectivity index (χ4n) is 4.54. The number of ether oxygens (including phenoxy) is 2. The van der Waals surface area contributed by atoms with Gasteiger partial charge in [-0.1, -0.05) is 11.6 Å². The molecule has 1 atom stereocenters. The first kappa shape index (κ1) is 19.5. The summed E-state index contributed by atoms with van der Waals surface area (Å²) in [4.78, 5) is 17.9. The molecule has 30 heavy (non-hydrogen) atoms. The van der Waals surface area contributed by atoms with Crippen molar-refractivity contribution in [2.24, 2.45) is 0 Å². The van der Waals surface area contributed by atoms with Crippen LogP contribution in [0.15, 0.2) is 35.1 Å². The van der Waals surface area contributed by atoms with Gasteiger partial charge < -0.3 is 14.5 Å². The molecule has 1 aromatic heterocycles. The van der Waals surface area contributed by atoms with Crippen molar-refractivity contribution in [1.82, 2.24) is 14.5 Å². The zero-order chi connectivity index (χ0) is 20.8. The van der Waals surface area contributed by atoms with Gasteiger partial charge in [0.15, 0.2) is 11.5 Å². The Balaban J connectivity index is 1.27. The zero-order valence-electron chi connectivity index (χ0n) is 16.7. The number of piperidine rings is 1. The van der Waals surface area contributed by atoms with Crippen LogP contribution in [0.4, 0.5) is 4.39 Å². The van der Waals surface area contributed by atoms with Crippen LogP contribution in [-0.4, -0.2) is 46.8 Å². The number of aromatic amines is 1. The van der Waals surface area contributed by atoms with Gasteiger partial charge in [-0.05, 0) is 49.6 Å². The first-order chi connectivity index (χ1) is 14.5. The Kier molecular flexibility index (Phi) is 4.95. The number of rotatable bonds is 3. The van der Waals surface area contributed by atoms with E-state index in [4.69, 9.17) is 21.1 Å². The summed E-state index contributed by atoms with van der Waals surface area (Å²) >= 11 is 6.30. The average molecular weight is 432 g/mol. The minimum absolute atomic E-state index is 0.0866. The normalized spacial score (nSPS) is 20.0. The molecule has 1 saturated heterocycles. The summed E-state index contributed by atoms with van der Waals surface area (Å²) < 4.78 is 27.0. The molecule has 2 aliphatic rings. The molecular weight excluding hydrogens is 409 g/mol. The van der Waals surface area contributed by atoms with Crippen LogP contribution in [0.25, 0.3) is 11.0 Å². The molecule has 0 saturated carbocycles. The van der Waals surface area contributed by atoms with E-state index in [1.165, 1.54) is 12.1 Å². The molecule has 0 amide bonds. The molecule has 6 nitrogen and oxygen atoms in total. The van der Waals surface area contributed by atoms with Crippen molar-refractivity contribution in [2.75, 3.05) is 26.2 Å². The van der Waals surface area contributed by atoms with E-state index in [1.807, 2.05) is 23.6 Å². The van der Waals surface area contributed by atoms with E-state index in [9.17, 15) is 9.18 Å². The van der Waals surface area contributed by atoms with Crippen molar-refractivity contribution >= 4 is 22.6 Å². The van der Waals surface area contributed by atoms with Crippen molar-refractivity contribution in [3.05, 3.63) is 57.2 Å². The second kappa shape index (κ2) is 7.63. The summed E-state index contributed by atoms with van der Waals surface area (Å²) in [5.74, 6) is 0.705. The average Bonchev–Trinajstić information content (AvgIpc) is 3.08. The highest BCUT2D eigenvalue weighted by Gasteiger charge is 2.28. The number of imidazole rings is 1. The molecule has 5 rings (SSSR count). The summed E-state index contributed by atoms with van der Waals surface area (Å²) in [6.07, 6.45) is 1.57. The van der Waals surface area contributed by atoms with Crippen molar-refractivity contribution < 1.29 is 13.9 Å². The van der Waals surface area contributed by atoms with E-state index in [-0.39, 0.29) is 23.7 Å². The van der Waals surface area contributed by atoms with Gasteiger partial charge >= 0.3 is 5.69 Å². The minimum atomic E-state index is -0.335. The number of nitrogens with one attached hydrogen (secondary N) is 1. The Morgan fingerprint density at radius 3 is 2.80 bits per heavy atom. The number of nitrogens with zero attached hydrogens (tertiary/aromatic N) is 2. The van der Waals surface area contributed by atoms with Crippen molar-refractivity contribution in [3.63, 3.8) is 0 Å². The Morgan fingerprint density at radius 2 is 2.00 bits per heavy atom. The van der Waals surface area contributed by atoms with Gasteiger partial charge in [-0.15, -0.1) is 0 Å². The molecule has 3 aromatic rings. The molecule has 1 fully saturated rings. The molecule has 0 spiro atoms. The summed E-state index contributed by atoms with van der Waals surface area (Å²) in [6.45, 7) is 4.79. The molecular formula is C22H23ClFN3O3. The summed E-state index contributed by atoms with van der Waals surface area (Å²) in [5, 5.41) is 0.666. The van der Waals surface area contributed by atoms with E-state index in [0.717, 1.165) is 42.5 Å². The number of likely N-dealkylation sites (tertiary alicyclic amines) is 1. The molecule has 1 unspecified atom stereocenters. The van der Waals surface area contributed by atoms with Crippen LogP contribution in [0.5, 0.6) is 11.5 Å². The highest BCUT2D eigenvalue weighted by atomic mass is 35.5. The second-order valence-electron chi connectivity index (χ2n) is 8.04. The van der Waals surface area contributed by atoms with Gasteiger partial charge in [0.25, 0.3) is 0 Å². The maximum absolute atomic E-state index is 13.5. The van der Waals surface area contributed by atoms with Gasteiger partial charge in [-0.25, -0.2) is 9.18 Å². The van der Waals surface area contributed by atoms with Crippen LogP contribution in [-0.2, 0) is 0 Å². The van der Waals surface area contributed by atoms with Crippen LogP contribution >= 0.6 is 11.6 Å². The standard InChI is InChI=1S/C22H23ClFN3O3/c1-13-17(23)3-4-18-21(13)27(22(28)25-18)15-6-8-26(9-7-15)11-16-12-29-19-5-2-14(24)10-20(19)30-16/h2-5,10,15-16H,6-9,11-12H2,1H3,(H,25,28). The van der Waals surface area contributed by atoms with Crippen LogP contribution in [0.1, 0.15) is 24.4 Å². The Morgan fingerprint density at radius 1 is 1.20 bits per heavy atom. The number of benzene rings is 2. The van der Waals surface area contributed by atoms with E-state index in [1.54, 1.807) is 6.07 Å². The summed E-state index contributed by atoms with van der Waals surface area (Å²) in [7, 11) is 0. The predicted octanol–water partition coefficient (Wildman–Crippen LogP) is 3.91. The van der Waals surface area contributed by atoms with Crippen LogP contribution in [0.2, 0.25) is 5.02 Å². The monoisotopic (exact) mass is 431 g/mol. The van der Waals surface area contributed by atoms with Gasteiger partial charge in [0.2, 0.25) is 0 Å².